The molecular weight excluding hydrogens is 461 g/mol. The molecule has 0 bridgehead atoms. The van der Waals surface area contributed by atoms with Crippen molar-refractivity contribution in [3.63, 3.8) is 0 Å². The maximum atomic E-state index is 13.0. The van der Waals surface area contributed by atoms with E-state index in [4.69, 9.17) is 34.8 Å². The van der Waals surface area contributed by atoms with E-state index in [1.807, 2.05) is 0 Å². The number of nitrogens with zero attached hydrogens (tertiary/aromatic N) is 1. The number of aliphatic hydroxyl groups excluding tert-OH is 1. The number of Topliss-reactive ketones (excluding diaryl/α,β-unsaturated/α-hetero) is 1. The van der Waals surface area contributed by atoms with Crippen molar-refractivity contribution in [2.75, 3.05) is 4.90 Å². The van der Waals surface area contributed by atoms with E-state index >= 15 is 0 Å². The van der Waals surface area contributed by atoms with Crippen LogP contribution >= 0.6 is 34.8 Å². The van der Waals surface area contributed by atoms with Gasteiger partial charge in [0.15, 0.2) is 0 Å². The Bertz CT molecular complexity index is 1240. The summed E-state index contributed by atoms with van der Waals surface area (Å²) in [7, 11) is 0. The highest BCUT2D eigenvalue weighted by atomic mass is 35.5. The molecule has 2 N–H and O–H groups in total. The normalized spacial score (nSPS) is 17.9. The van der Waals surface area contributed by atoms with Gasteiger partial charge in [-0.1, -0.05) is 46.9 Å². The predicted molar refractivity (Wildman–Crippen MR) is 121 cm³/mol. The van der Waals surface area contributed by atoms with E-state index in [-0.39, 0.29) is 27.1 Å². The lowest BCUT2D eigenvalue weighted by molar-refractivity contribution is -0.132. The first-order valence-electron chi connectivity index (χ1n) is 9.09. The van der Waals surface area contributed by atoms with Crippen molar-refractivity contribution in [2.24, 2.45) is 0 Å². The van der Waals surface area contributed by atoms with Crippen LogP contribution < -0.4 is 4.90 Å². The Labute approximate surface area is 192 Å². The minimum absolute atomic E-state index is 0.0521. The lowest BCUT2D eigenvalue weighted by Crippen LogP contribution is -2.29. The third-order valence-electron chi connectivity index (χ3n) is 4.93. The summed E-state index contributed by atoms with van der Waals surface area (Å²) in [5, 5.41) is 21.9. The molecule has 0 aromatic heterocycles. The second kappa shape index (κ2) is 8.27. The van der Waals surface area contributed by atoms with Crippen molar-refractivity contribution in [1.82, 2.24) is 0 Å². The van der Waals surface area contributed by atoms with E-state index < -0.39 is 17.7 Å². The van der Waals surface area contributed by atoms with Crippen molar-refractivity contribution in [3.05, 3.63) is 98.5 Å². The number of carbonyl (C=O) groups is 2. The molecule has 1 heterocycles. The number of phenolic OH excluding ortho intramolecular Hbond substituents is 1. The van der Waals surface area contributed by atoms with Gasteiger partial charge in [0, 0.05) is 16.3 Å². The van der Waals surface area contributed by atoms with Gasteiger partial charge in [-0.3, -0.25) is 14.5 Å². The molecule has 1 fully saturated rings. The van der Waals surface area contributed by atoms with Crippen molar-refractivity contribution >= 4 is 57.9 Å². The lowest BCUT2D eigenvalue weighted by atomic mass is 9.95. The number of benzene rings is 3. The van der Waals surface area contributed by atoms with Crippen LogP contribution in [0.2, 0.25) is 15.1 Å². The van der Waals surface area contributed by atoms with Gasteiger partial charge in [-0.15, -0.1) is 0 Å². The molecule has 0 saturated carbocycles. The van der Waals surface area contributed by atoms with Crippen LogP contribution in [0.1, 0.15) is 17.2 Å². The van der Waals surface area contributed by atoms with Crippen LogP contribution in [-0.4, -0.2) is 21.9 Å². The molecule has 1 aliphatic heterocycles. The number of amides is 1. The maximum Gasteiger partial charge on any atom is 0.300 e. The molecule has 1 amide bonds. The summed E-state index contributed by atoms with van der Waals surface area (Å²) >= 11 is 18.1. The summed E-state index contributed by atoms with van der Waals surface area (Å²) < 4.78 is 0. The monoisotopic (exact) mass is 473 g/mol. The smallest absolute Gasteiger partial charge is 0.300 e. The molecule has 8 heteroatoms. The number of hydrogen-bond donors (Lipinski definition) is 2. The van der Waals surface area contributed by atoms with Gasteiger partial charge in [-0.2, -0.15) is 0 Å². The molecule has 0 aliphatic carbocycles. The van der Waals surface area contributed by atoms with Gasteiger partial charge >= 0.3 is 0 Å². The fourth-order valence-electron chi connectivity index (χ4n) is 3.51. The first kappa shape index (κ1) is 21.2. The largest absolute Gasteiger partial charge is 0.508 e. The van der Waals surface area contributed by atoms with E-state index in [1.165, 1.54) is 29.2 Å². The number of hydrogen-bond acceptors (Lipinski definition) is 4. The summed E-state index contributed by atoms with van der Waals surface area (Å²) in [6, 6.07) is 15.9. The molecule has 1 aliphatic rings. The second-order valence-electron chi connectivity index (χ2n) is 6.87. The SMILES string of the molecule is O=C1C(=O)N(c2ccc(Cl)c(Cl)c2)C(c2cccc(O)c2)/C1=C(\O)c1ccc(Cl)cc1. The van der Waals surface area contributed by atoms with Gasteiger partial charge in [0.05, 0.1) is 21.7 Å². The zero-order chi connectivity index (χ0) is 22.3. The van der Waals surface area contributed by atoms with E-state index in [0.717, 1.165) is 0 Å². The highest BCUT2D eigenvalue weighted by Gasteiger charge is 2.47. The van der Waals surface area contributed by atoms with Crippen LogP contribution in [0.5, 0.6) is 5.75 Å². The third-order valence-corrected chi connectivity index (χ3v) is 5.92. The van der Waals surface area contributed by atoms with Crippen molar-refractivity contribution < 1.29 is 19.8 Å². The number of aliphatic hydroxyl groups is 1. The van der Waals surface area contributed by atoms with Crippen molar-refractivity contribution in [1.29, 1.82) is 0 Å². The van der Waals surface area contributed by atoms with Crippen LogP contribution in [-0.2, 0) is 9.59 Å². The van der Waals surface area contributed by atoms with Crippen molar-refractivity contribution in [2.45, 2.75) is 6.04 Å². The first-order chi connectivity index (χ1) is 14.8. The summed E-state index contributed by atoms with van der Waals surface area (Å²) in [4.78, 5) is 27.3. The van der Waals surface area contributed by atoms with Gasteiger partial charge in [-0.25, -0.2) is 0 Å². The minimum atomic E-state index is -1.000. The molecule has 31 heavy (non-hydrogen) atoms. The van der Waals surface area contributed by atoms with E-state index in [9.17, 15) is 19.8 Å². The summed E-state index contributed by atoms with van der Waals surface area (Å²) in [5.41, 5.74) is 0.950. The van der Waals surface area contributed by atoms with Gasteiger partial charge in [0.2, 0.25) is 0 Å². The average molecular weight is 475 g/mol. The Morgan fingerprint density at radius 2 is 1.58 bits per heavy atom. The van der Waals surface area contributed by atoms with Crippen LogP contribution in [0.4, 0.5) is 5.69 Å². The van der Waals surface area contributed by atoms with Crippen LogP contribution in [0.25, 0.3) is 5.76 Å². The molecule has 4 rings (SSSR count). The summed E-state index contributed by atoms with van der Waals surface area (Å²) in [5.74, 6) is -2.12. The first-order valence-corrected chi connectivity index (χ1v) is 10.2. The molecule has 3 aromatic rings. The Balaban J connectivity index is 1.96. The topological polar surface area (TPSA) is 77.8 Å². The molecule has 156 valence electrons. The Kier molecular flexibility index (Phi) is 5.67. The molecule has 0 spiro atoms. The average Bonchev–Trinajstić information content (AvgIpc) is 3.01. The van der Waals surface area contributed by atoms with Gasteiger partial charge in [0.25, 0.3) is 11.7 Å². The Hall–Kier alpha value is -2.99. The minimum Gasteiger partial charge on any atom is -0.508 e. The fourth-order valence-corrected chi connectivity index (χ4v) is 3.93. The molecular formula is C23H14Cl3NO4. The van der Waals surface area contributed by atoms with Crippen LogP contribution in [0.3, 0.4) is 0 Å². The van der Waals surface area contributed by atoms with Gasteiger partial charge in [-0.05, 0) is 60.2 Å². The zero-order valence-corrected chi connectivity index (χ0v) is 18.0. The predicted octanol–water partition coefficient (Wildman–Crippen LogP) is 5.98. The number of phenols is 1. The highest BCUT2D eigenvalue weighted by Crippen LogP contribution is 2.43. The Morgan fingerprint density at radius 1 is 0.871 bits per heavy atom. The molecule has 5 nitrogen and oxygen atoms in total. The molecule has 1 unspecified atom stereocenters. The molecule has 1 saturated heterocycles. The number of aromatic hydroxyl groups is 1. The maximum absolute atomic E-state index is 13.0. The fraction of sp³-hybridized carbons (Fsp3) is 0.0435. The summed E-state index contributed by atoms with van der Waals surface area (Å²) in [6.45, 7) is 0. The molecule has 0 radical (unpaired) electrons. The summed E-state index contributed by atoms with van der Waals surface area (Å²) in [6.07, 6.45) is 0. The Morgan fingerprint density at radius 3 is 2.23 bits per heavy atom. The molecule has 3 aromatic carbocycles. The van der Waals surface area contributed by atoms with E-state index in [0.29, 0.717) is 21.8 Å². The molecule has 1 atom stereocenters. The third kappa shape index (κ3) is 3.88. The zero-order valence-electron chi connectivity index (χ0n) is 15.7. The van der Waals surface area contributed by atoms with Gasteiger partial charge in [0.1, 0.15) is 11.5 Å². The second-order valence-corrected chi connectivity index (χ2v) is 8.12. The van der Waals surface area contributed by atoms with Gasteiger partial charge < -0.3 is 10.2 Å². The lowest BCUT2D eigenvalue weighted by Gasteiger charge is -2.25. The number of rotatable bonds is 3. The van der Waals surface area contributed by atoms with Crippen molar-refractivity contribution in [3.8, 4) is 5.75 Å². The number of carbonyl (C=O) groups excluding carboxylic acids is 2. The van der Waals surface area contributed by atoms with E-state index in [2.05, 4.69) is 0 Å². The van der Waals surface area contributed by atoms with E-state index in [1.54, 1.807) is 42.5 Å². The van der Waals surface area contributed by atoms with Crippen LogP contribution in [0, 0.1) is 0 Å². The standard InChI is InChI=1S/C23H14Cl3NO4/c24-14-6-4-12(5-7-14)21(29)19-20(13-2-1-3-16(28)10-13)27(23(31)22(19)30)15-8-9-17(25)18(26)11-15/h1-11,20,28-29H/b21-19+. The number of anilines is 1. The van der Waals surface area contributed by atoms with Crippen LogP contribution in [0.15, 0.2) is 72.3 Å². The number of ketones is 1. The quantitative estimate of drug-likeness (QED) is 0.278. The highest BCUT2D eigenvalue weighted by molar-refractivity contribution is 6.52. The number of halogens is 3.